The van der Waals surface area contributed by atoms with Crippen LogP contribution in [0.4, 0.5) is 11.4 Å². The predicted molar refractivity (Wildman–Crippen MR) is 112 cm³/mol. The molecule has 0 spiro atoms. The van der Waals surface area contributed by atoms with Crippen molar-refractivity contribution in [3.63, 3.8) is 0 Å². The summed E-state index contributed by atoms with van der Waals surface area (Å²) in [6.45, 7) is 3.43. The zero-order valence-corrected chi connectivity index (χ0v) is 17.5. The van der Waals surface area contributed by atoms with E-state index in [1.54, 1.807) is 18.2 Å². The summed E-state index contributed by atoms with van der Waals surface area (Å²) in [5.41, 5.74) is 3.36. The van der Waals surface area contributed by atoms with E-state index in [1.165, 1.54) is 10.4 Å². The number of esters is 1. The van der Waals surface area contributed by atoms with Crippen LogP contribution in [0.25, 0.3) is 0 Å². The molecule has 2 aromatic carbocycles. The molecule has 1 aliphatic heterocycles. The maximum absolute atomic E-state index is 12.3. The average Bonchev–Trinajstić information content (AvgIpc) is 3.01. The number of rotatable bonds is 6. The number of amides is 1. The van der Waals surface area contributed by atoms with Crippen molar-refractivity contribution in [2.24, 2.45) is 0 Å². The van der Waals surface area contributed by atoms with E-state index in [9.17, 15) is 18.0 Å². The van der Waals surface area contributed by atoms with Crippen LogP contribution in [0.3, 0.4) is 0 Å². The van der Waals surface area contributed by atoms with Crippen LogP contribution in [-0.4, -0.2) is 39.2 Å². The van der Waals surface area contributed by atoms with E-state index >= 15 is 0 Å². The van der Waals surface area contributed by atoms with Crippen molar-refractivity contribution in [3.8, 4) is 0 Å². The third-order valence-electron chi connectivity index (χ3n) is 4.78. The molecule has 154 valence electrons. The number of fused-ring (bicyclic) bond motifs is 1. The Hall–Kier alpha value is -2.87. The number of carbonyl (C=O) groups excluding carboxylic acids is 2. The molecule has 1 N–H and O–H groups in total. The Morgan fingerprint density at radius 2 is 1.97 bits per heavy atom. The largest absolute Gasteiger partial charge is 0.452 e. The first kappa shape index (κ1) is 20.9. The molecule has 2 aromatic rings. The van der Waals surface area contributed by atoms with Crippen LogP contribution < -0.4 is 9.62 Å². The van der Waals surface area contributed by atoms with E-state index in [-0.39, 0.29) is 11.6 Å². The normalized spacial score (nSPS) is 15.7. The van der Waals surface area contributed by atoms with Crippen LogP contribution >= 0.6 is 0 Å². The molecule has 1 heterocycles. The lowest BCUT2D eigenvalue weighted by atomic mass is 10.1. The molecular formula is C21H24N2O5S. The van der Waals surface area contributed by atoms with Gasteiger partial charge in [-0.3, -0.25) is 9.10 Å². The Morgan fingerprint density at radius 1 is 1.21 bits per heavy atom. The maximum Gasteiger partial charge on any atom is 0.338 e. The summed E-state index contributed by atoms with van der Waals surface area (Å²) in [6.07, 6.45) is 2.53. The molecule has 1 atom stereocenters. The topological polar surface area (TPSA) is 92.8 Å². The summed E-state index contributed by atoms with van der Waals surface area (Å²) < 4.78 is 30.4. The van der Waals surface area contributed by atoms with Gasteiger partial charge in [0.25, 0.3) is 5.91 Å². The molecule has 0 saturated carbocycles. The quantitative estimate of drug-likeness (QED) is 0.731. The van der Waals surface area contributed by atoms with E-state index in [1.807, 2.05) is 32.0 Å². The number of sulfonamides is 1. The zero-order valence-electron chi connectivity index (χ0n) is 16.6. The van der Waals surface area contributed by atoms with Crippen LogP contribution in [0.5, 0.6) is 0 Å². The third-order valence-corrected chi connectivity index (χ3v) is 6.05. The number of aryl methyl sites for hydroxylation is 1. The van der Waals surface area contributed by atoms with Gasteiger partial charge in [-0.2, -0.15) is 0 Å². The monoisotopic (exact) mass is 416 g/mol. The van der Waals surface area contributed by atoms with Gasteiger partial charge in [0.1, 0.15) is 0 Å². The van der Waals surface area contributed by atoms with Gasteiger partial charge in [0.05, 0.1) is 17.5 Å². The predicted octanol–water partition coefficient (Wildman–Crippen LogP) is 2.76. The van der Waals surface area contributed by atoms with Gasteiger partial charge in [-0.25, -0.2) is 13.2 Å². The van der Waals surface area contributed by atoms with Crippen LogP contribution in [0.1, 0.15) is 35.3 Å². The number of carbonyl (C=O) groups is 2. The van der Waals surface area contributed by atoms with Gasteiger partial charge in [-0.1, -0.05) is 19.1 Å². The van der Waals surface area contributed by atoms with Crippen LogP contribution in [0.2, 0.25) is 0 Å². The van der Waals surface area contributed by atoms with Gasteiger partial charge in [0.15, 0.2) is 6.61 Å². The van der Waals surface area contributed by atoms with Crippen LogP contribution in [0.15, 0.2) is 42.5 Å². The SMILES string of the molecule is CCc1cccc(NC(=O)COC(=O)c2ccc3c(c2)C[C@@H](C)N3S(C)(=O)=O)c1. The summed E-state index contributed by atoms with van der Waals surface area (Å²) in [6, 6.07) is 12.0. The van der Waals surface area contributed by atoms with E-state index in [4.69, 9.17) is 4.74 Å². The lowest BCUT2D eigenvalue weighted by molar-refractivity contribution is -0.119. The molecule has 0 aromatic heterocycles. The Morgan fingerprint density at radius 3 is 2.66 bits per heavy atom. The highest BCUT2D eigenvalue weighted by Gasteiger charge is 2.32. The van der Waals surface area contributed by atoms with Crippen molar-refractivity contribution in [2.75, 3.05) is 22.5 Å². The Balaban J connectivity index is 1.63. The first-order valence-corrected chi connectivity index (χ1v) is 11.2. The minimum atomic E-state index is -3.39. The van der Waals surface area contributed by atoms with E-state index in [2.05, 4.69) is 5.32 Å². The smallest absolute Gasteiger partial charge is 0.338 e. The number of benzene rings is 2. The number of nitrogens with zero attached hydrogens (tertiary/aromatic N) is 1. The van der Waals surface area contributed by atoms with Gasteiger partial charge in [0.2, 0.25) is 10.0 Å². The van der Waals surface area contributed by atoms with Crippen LogP contribution in [-0.2, 0) is 32.4 Å². The van der Waals surface area contributed by atoms with Crippen molar-refractivity contribution >= 4 is 33.3 Å². The fourth-order valence-corrected chi connectivity index (χ4v) is 4.78. The molecule has 0 radical (unpaired) electrons. The highest BCUT2D eigenvalue weighted by Crippen LogP contribution is 2.34. The highest BCUT2D eigenvalue weighted by molar-refractivity contribution is 7.92. The number of hydrogen-bond acceptors (Lipinski definition) is 5. The van der Waals surface area contributed by atoms with Crippen molar-refractivity contribution in [1.82, 2.24) is 0 Å². The third kappa shape index (κ3) is 4.76. The Labute approximate surface area is 170 Å². The first-order valence-electron chi connectivity index (χ1n) is 9.37. The second-order valence-corrected chi connectivity index (χ2v) is 8.99. The summed E-state index contributed by atoms with van der Waals surface area (Å²) in [5, 5.41) is 2.70. The lowest BCUT2D eigenvalue weighted by Gasteiger charge is -2.21. The molecule has 1 aliphatic rings. The number of nitrogens with one attached hydrogen (secondary N) is 1. The number of hydrogen-bond donors (Lipinski definition) is 1. The van der Waals surface area contributed by atoms with Crippen LogP contribution in [0, 0.1) is 0 Å². The summed E-state index contributed by atoms with van der Waals surface area (Å²) in [4.78, 5) is 24.4. The van der Waals surface area contributed by atoms with E-state index in [0.717, 1.165) is 23.8 Å². The molecule has 7 nitrogen and oxygen atoms in total. The van der Waals surface area contributed by atoms with Crippen molar-refractivity contribution in [2.45, 2.75) is 32.7 Å². The summed E-state index contributed by atoms with van der Waals surface area (Å²) >= 11 is 0. The summed E-state index contributed by atoms with van der Waals surface area (Å²) in [7, 11) is -3.39. The fraction of sp³-hybridized carbons (Fsp3) is 0.333. The molecule has 0 saturated heterocycles. The van der Waals surface area contributed by atoms with Gasteiger partial charge in [0, 0.05) is 11.7 Å². The molecular weight excluding hydrogens is 392 g/mol. The van der Waals surface area contributed by atoms with Crippen molar-refractivity contribution < 1.29 is 22.7 Å². The zero-order chi connectivity index (χ0) is 21.2. The molecule has 1 amide bonds. The first-order chi connectivity index (χ1) is 13.7. The summed E-state index contributed by atoms with van der Waals surface area (Å²) in [5.74, 6) is -1.06. The highest BCUT2D eigenvalue weighted by atomic mass is 32.2. The van der Waals surface area contributed by atoms with Gasteiger partial charge in [-0.15, -0.1) is 0 Å². The molecule has 0 unspecified atom stereocenters. The van der Waals surface area contributed by atoms with Gasteiger partial charge < -0.3 is 10.1 Å². The molecule has 0 aliphatic carbocycles. The maximum atomic E-state index is 12.3. The number of ether oxygens (including phenoxy) is 1. The number of anilines is 2. The van der Waals surface area contributed by atoms with Crippen molar-refractivity contribution in [1.29, 1.82) is 0 Å². The van der Waals surface area contributed by atoms with Gasteiger partial charge >= 0.3 is 5.97 Å². The van der Waals surface area contributed by atoms with Gasteiger partial charge in [-0.05, 0) is 61.2 Å². The molecule has 0 bridgehead atoms. The molecule has 3 rings (SSSR count). The second kappa shape index (κ2) is 8.24. The molecule has 0 fully saturated rings. The fourth-order valence-electron chi connectivity index (χ4n) is 3.52. The minimum absolute atomic E-state index is 0.212. The van der Waals surface area contributed by atoms with E-state index < -0.39 is 28.5 Å². The second-order valence-electron chi connectivity index (χ2n) is 7.13. The van der Waals surface area contributed by atoms with E-state index in [0.29, 0.717) is 17.8 Å². The minimum Gasteiger partial charge on any atom is -0.452 e. The molecule has 29 heavy (non-hydrogen) atoms. The van der Waals surface area contributed by atoms with Crippen molar-refractivity contribution in [3.05, 3.63) is 59.2 Å². The lowest BCUT2D eigenvalue weighted by Crippen LogP contribution is -2.34. The standard InChI is InChI=1S/C21H24N2O5S/c1-4-15-6-5-7-18(11-15)22-20(24)13-28-21(25)16-8-9-19-17(12-16)10-14(2)23(19)29(3,26)27/h5-9,11-12,14H,4,10,13H2,1-3H3,(H,22,24)/t14-/m1/s1. The Kier molecular flexibility index (Phi) is 5.93. The Bertz CT molecular complexity index is 1050. The molecule has 8 heteroatoms. The average molecular weight is 416 g/mol.